The van der Waals surface area contributed by atoms with Gasteiger partial charge in [0.1, 0.15) is 5.82 Å². The first-order valence-electron chi connectivity index (χ1n) is 9.12. The Hall–Kier alpha value is -3.04. The normalized spacial score (nSPS) is 15.5. The van der Waals surface area contributed by atoms with Crippen LogP contribution in [0.1, 0.15) is 11.6 Å². The maximum absolute atomic E-state index is 12.3. The quantitative estimate of drug-likeness (QED) is 0.628. The van der Waals surface area contributed by atoms with Crippen molar-refractivity contribution in [3.63, 3.8) is 0 Å². The summed E-state index contributed by atoms with van der Waals surface area (Å²) in [7, 11) is 1.75. The van der Waals surface area contributed by atoms with Gasteiger partial charge in [-0.1, -0.05) is 6.07 Å². The van der Waals surface area contributed by atoms with E-state index in [0.717, 1.165) is 18.7 Å². The Balaban J connectivity index is 1.59. The van der Waals surface area contributed by atoms with Gasteiger partial charge in [0.25, 0.3) is 0 Å². The van der Waals surface area contributed by atoms with Gasteiger partial charge < -0.3 is 20.7 Å². The minimum Gasteiger partial charge on any atom is -0.379 e. The van der Waals surface area contributed by atoms with Crippen LogP contribution in [0.2, 0.25) is 0 Å². The summed E-state index contributed by atoms with van der Waals surface area (Å²) in [4.78, 5) is 34.9. The molecule has 9 heteroatoms. The molecule has 148 valence electrons. The maximum atomic E-state index is 12.3. The van der Waals surface area contributed by atoms with Crippen LogP contribution >= 0.6 is 0 Å². The molecule has 3 N–H and O–H groups in total. The molecule has 3 rings (SSSR count). The Bertz CT molecular complexity index is 778. The zero-order valence-electron chi connectivity index (χ0n) is 15.7. The number of morpholine rings is 1. The molecule has 2 amide bonds. The van der Waals surface area contributed by atoms with Crippen LogP contribution in [-0.2, 0) is 14.3 Å². The molecule has 0 aliphatic carbocycles. The molecule has 1 unspecified atom stereocenters. The molecule has 1 aliphatic heterocycles. The van der Waals surface area contributed by atoms with Gasteiger partial charge in [0, 0.05) is 39.1 Å². The first-order chi connectivity index (χ1) is 13.7. The van der Waals surface area contributed by atoms with Crippen LogP contribution in [0.4, 0.5) is 11.5 Å². The van der Waals surface area contributed by atoms with Crippen LogP contribution in [0.3, 0.4) is 0 Å². The van der Waals surface area contributed by atoms with Crippen molar-refractivity contribution in [2.24, 2.45) is 0 Å². The fourth-order valence-corrected chi connectivity index (χ4v) is 2.99. The maximum Gasteiger partial charge on any atom is 0.313 e. The van der Waals surface area contributed by atoms with Gasteiger partial charge in [0.15, 0.2) is 0 Å². The van der Waals surface area contributed by atoms with E-state index in [1.54, 1.807) is 31.6 Å². The Morgan fingerprint density at radius 3 is 2.64 bits per heavy atom. The highest BCUT2D eigenvalue weighted by Crippen LogP contribution is 2.20. The minimum absolute atomic E-state index is 0.0778. The predicted octanol–water partition coefficient (Wildman–Crippen LogP) is 0.647. The number of hydrogen-bond acceptors (Lipinski definition) is 7. The summed E-state index contributed by atoms with van der Waals surface area (Å²) in [5.41, 5.74) is 1.44. The number of hydrogen-bond donors (Lipinski definition) is 3. The highest BCUT2D eigenvalue weighted by atomic mass is 16.5. The number of rotatable bonds is 6. The molecule has 1 saturated heterocycles. The second-order valence-electron chi connectivity index (χ2n) is 6.30. The Morgan fingerprint density at radius 1 is 1.18 bits per heavy atom. The molecule has 0 radical (unpaired) electrons. The van der Waals surface area contributed by atoms with E-state index in [1.165, 1.54) is 6.20 Å². The topological polar surface area (TPSA) is 108 Å². The van der Waals surface area contributed by atoms with E-state index < -0.39 is 11.8 Å². The second-order valence-corrected chi connectivity index (χ2v) is 6.30. The number of pyridine rings is 2. The van der Waals surface area contributed by atoms with Crippen LogP contribution in [0.15, 0.2) is 42.9 Å². The van der Waals surface area contributed by atoms with Gasteiger partial charge in [-0.05, 0) is 23.8 Å². The summed E-state index contributed by atoms with van der Waals surface area (Å²) < 4.78 is 5.41. The van der Waals surface area contributed by atoms with Gasteiger partial charge in [-0.15, -0.1) is 0 Å². The molecule has 0 saturated carbocycles. The highest BCUT2D eigenvalue weighted by molar-refractivity contribution is 6.39. The molecule has 2 aromatic rings. The number of carbonyl (C=O) groups excluding carboxylic acids is 2. The van der Waals surface area contributed by atoms with Crippen molar-refractivity contribution in [1.82, 2.24) is 20.2 Å². The third-order valence-corrected chi connectivity index (χ3v) is 4.50. The number of nitrogens with zero attached hydrogens (tertiary/aromatic N) is 3. The van der Waals surface area contributed by atoms with E-state index in [4.69, 9.17) is 4.74 Å². The Kier molecular flexibility index (Phi) is 6.88. The molecule has 0 aromatic carbocycles. The van der Waals surface area contributed by atoms with Crippen LogP contribution in [0, 0.1) is 0 Å². The largest absolute Gasteiger partial charge is 0.379 e. The lowest BCUT2D eigenvalue weighted by atomic mass is 10.1. The molecule has 1 fully saturated rings. The summed E-state index contributed by atoms with van der Waals surface area (Å²) in [5, 5.41) is 8.16. The summed E-state index contributed by atoms with van der Waals surface area (Å²) in [6, 6.07) is 7.14. The number of amides is 2. The fraction of sp³-hybridized carbons (Fsp3) is 0.368. The molecule has 28 heavy (non-hydrogen) atoms. The summed E-state index contributed by atoms with van der Waals surface area (Å²) in [6.45, 7) is 3.09. The smallest absolute Gasteiger partial charge is 0.313 e. The Morgan fingerprint density at radius 2 is 2.00 bits per heavy atom. The molecular weight excluding hydrogens is 360 g/mol. The average molecular weight is 384 g/mol. The molecule has 1 aliphatic rings. The van der Waals surface area contributed by atoms with Crippen molar-refractivity contribution < 1.29 is 14.3 Å². The first-order valence-corrected chi connectivity index (χ1v) is 9.12. The molecule has 3 heterocycles. The van der Waals surface area contributed by atoms with Gasteiger partial charge in [-0.3, -0.25) is 19.5 Å². The van der Waals surface area contributed by atoms with Gasteiger partial charge in [0.2, 0.25) is 0 Å². The number of anilines is 2. The van der Waals surface area contributed by atoms with E-state index in [0.29, 0.717) is 31.3 Å². The van der Waals surface area contributed by atoms with Crippen LogP contribution in [0.5, 0.6) is 0 Å². The van der Waals surface area contributed by atoms with Gasteiger partial charge in [-0.2, -0.15) is 0 Å². The Labute approximate surface area is 163 Å². The van der Waals surface area contributed by atoms with Gasteiger partial charge in [-0.25, -0.2) is 4.98 Å². The van der Waals surface area contributed by atoms with E-state index in [9.17, 15) is 9.59 Å². The van der Waals surface area contributed by atoms with Crippen molar-refractivity contribution in [3.05, 3.63) is 48.4 Å². The van der Waals surface area contributed by atoms with Crippen molar-refractivity contribution in [1.29, 1.82) is 0 Å². The van der Waals surface area contributed by atoms with E-state index >= 15 is 0 Å². The number of nitrogens with one attached hydrogen (secondary N) is 3. The zero-order valence-corrected chi connectivity index (χ0v) is 15.7. The van der Waals surface area contributed by atoms with Crippen molar-refractivity contribution in [2.75, 3.05) is 50.5 Å². The SMILES string of the molecule is CNc1ccc(NC(=O)C(=O)NCC(c2cccnc2)N2CCOCC2)cn1. The summed E-state index contributed by atoms with van der Waals surface area (Å²) in [5.74, 6) is -0.752. The fourth-order valence-electron chi connectivity index (χ4n) is 2.99. The van der Waals surface area contributed by atoms with Gasteiger partial charge in [0.05, 0.1) is 31.1 Å². The minimum atomic E-state index is -0.731. The average Bonchev–Trinajstić information content (AvgIpc) is 2.76. The standard InChI is InChI=1S/C19H24N6O3/c1-20-17-5-4-15(12-22-17)24-19(27)18(26)23-13-16(14-3-2-6-21-11-14)25-7-9-28-10-8-25/h2-6,11-12,16H,7-10,13H2,1H3,(H,20,22)(H,23,26)(H,24,27). The molecule has 0 bridgehead atoms. The van der Waals surface area contributed by atoms with E-state index in [1.807, 2.05) is 12.1 Å². The van der Waals surface area contributed by atoms with Crippen molar-refractivity contribution in [2.45, 2.75) is 6.04 Å². The summed E-state index contributed by atoms with van der Waals surface area (Å²) >= 11 is 0. The molecular formula is C19H24N6O3. The number of carbonyl (C=O) groups is 2. The first kappa shape index (κ1) is 19.7. The predicted molar refractivity (Wildman–Crippen MR) is 105 cm³/mol. The molecule has 9 nitrogen and oxygen atoms in total. The molecule has 0 spiro atoms. The van der Waals surface area contributed by atoms with Crippen LogP contribution in [-0.4, -0.2) is 66.6 Å². The number of ether oxygens (including phenoxy) is 1. The van der Waals surface area contributed by atoms with Crippen molar-refractivity contribution >= 4 is 23.3 Å². The monoisotopic (exact) mass is 384 g/mol. The van der Waals surface area contributed by atoms with Crippen LogP contribution < -0.4 is 16.0 Å². The third-order valence-electron chi connectivity index (χ3n) is 4.50. The van der Waals surface area contributed by atoms with Crippen molar-refractivity contribution in [3.8, 4) is 0 Å². The van der Waals surface area contributed by atoms with Crippen LogP contribution in [0.25, 0.3) is 0 Å². The second kappa shape index (κ2) is 9.77. The lowest BCUT2D eigenvalue weighted by Crippen LogP contribution is -2.45. The number of aromatic nitrogens is 2. The lowest BCUT2D eigenvalue weighted by Gasteiger charge is -2.34. The van der Waals surface area contributed by atoms with E-state index in [2.05, 4.69) is 30.8 Å². The third kappa shape index (κ3) is 5.24. The molecule has 1 atom stereocenters. The highest BCUT2D eigenvalue weighted by Gasteiger charge is 2.24. The van der Waals surface area contributed by atoms with Gasteiger partial charge >= 0.3 is 11.8 Å². The lowest BCUT2D eigenvalue weighted by molar-refractivity contribution is -0.136. The zero-order chi connectivity index (χ0) is 19.8. The molecule has 2 aromatic heterocycles. The summed E-state index contributed by atoms with van der Waals surface area (Å²) in [6.07, 6.45) is 4.98. The van der Waals surface area contributed by atoms with E-state index in [-0.39, 0.29) is 6.04 Å².